The number of ether oxygens (including phenoxy) is 1. The van der Waals surface area contributed by atoms with E-state index in [9.17, 15) is 32.4 Å². The first-order valence-corrected chi connectivity index (χ1v) is 21.2. The van der Waals surface area contributed by atoms with E-state index in [4.69, 9.17) is 4.74 Å². The van der Waals surface area contributed by atoms with Gasteiger partial charge in [0.25, 0.3) is 5.91 Å². The summed E-state index contributed by atoms with van der Waals surface area (Å²) >= 11 is 0. The Kier molecular flexibility index (Phi) is 10.9. The molecule has 0 aromatic heterocycles. The van der Waals surface area contributed by atoms with Gasteiger partial charge in [-0.1, -0.05) is 72.1 Å². The summed E-state index contributed by atoms with van der Waals surface area (Å²) in [6.45, 7) is 8.65. The van der Waals surface area contributed by atoms with Crippen LogP contribution in [0.25, 0.3) is 0 Å². The summed E-state index contributed by atoms with van der Waals surface area (Å²) in [5, 5.41) is 11.5. The third-order valence-corrected chi connectivity index (χ3v) is 15.2. The van der Waals surface area contributed by atoms with Crippen LogP contribution >= 0.6 is 0 Å². The quantitative estimate of drug-likeness (QED) is 0.209. The van der Waals surface area contributed by atoms with Crippen molar-refractivity contribution in [2.45, 2.75) is 147 Å². The van der Waals surface area contributed by atoms with Gasteiger partial charge in [-0.2, -0.15) is 0 Å². The molecule has 0 unspecified atom stereocenters. The summed E-state index contributed by atoms with van der Waals surface area (Å²) in [6.07, 6.45) is 10.8. The normalized spacial score (nSPS) is 31.0. The van der Waals surface area contributed by atoms with Gasteiger partial charge in [0.05, 0.1) is 23.9 Å². The Morgan fingerprint density at radius 1 is 0.902 bits per heavy atom. The molecule has 51 heavy (non-hydrogen) atoms. The number of hydrogen-bond acceptors (Lipinski definition) is 8. The van der Waals surface area contributed by atoms with Gasteiger partial charge in [0.15, 0.2) is 15.3 Å². The minimum atomic E-state index is -3.57. The molecule has 4 N–H and O–H groups in total. The fraction of sp³-hybridized carbons (Fsp3) is 0.865. The number of rotatable bonds is 13. The van der Waals surface area contributed by atoms with Crippen LogP contribution in [0.3, 0.4) is 0 Å². The molecule has 13 nitrogen and oxygen atoms in total. The van der Waals surface area contributed by atoms with E-state index in [1.165, 1.54) is 0 Å². The number of ketones is 1. The van der Waals surface area contributed by atoms with Gasteiger partial charge in [0, 0.05) is 13.1 Å². The average Bonchev–Trinajstić information content (AvgIpc) is 3.88. The highest BCUT2D eigenvalue weighted by Gasteiger charge is 2.70. The first-order chi connectivity index (χ1) is 24.1. The zero-order chi connectivity index (χ0) is 36.8. The van der Waals surface area contributed by atoms with Crippen LogP contribution in [0.4, 0.5) is 4.79 Å². The largest absolute Gasteiger partial charge is 0.359 e. The molecule has 4 aliphatic carbocycles. The summed E-state index contributed by atoms with van der Waals surface area (Å²) in [5.74, 6) is -1.84. The number of nitrogens with zero attached hydrogens (tertiary/aromatic N) is 1. The standard InChI is InChI=1S/C37H59N5O8S/c1-5-38-31(45)28(43)25(15-14-23-12-13-23)39-30(44)27-26-24(35(26,2)3)22-42(27)32(46)29(36(4)16-8-6-9-17-36)40-34(47)41-37(18-10-7-11-19-37)33-50-20-21-51(33,48)49/h23-27,29,33H,5-22H2,1-4H3,(H,38,45)(H,39,44)(H2,40,41,47)/t24-,25-,26-,27-,29+,33-/m0/s1. The smallest absolute Gasteiger partial charge is 0.316 e. The molecule has 5 amide bonds. The number of amides is 5. The molecule has 0 spiro atoms. The number of urea groups is 1. The summed E-state index contributed by atoms with van der Waals surface area (Å²) in [5.41, 5.74) is -3.01. The maximum atomic E-state index is 14.9. The average molecular weight is 734 g/mol. The second-order valence-electron chi connectivity index (χ2n) is 17.2. The number of nitrogens with one attached hydrogen (secondary N) is 4. The van der Waals surface area contributed by atoms with E-state index in [1.807, 2.05) is 6.92 Å². The Bertz CT molecular complexity index is 1480. The minimum absolute atomic E-state index is 0.0741. The van der Waals surface area contributed by atoms with Crippen LogP contribution in [0.2, 0.25) is 0 Å². The lowest BCUT2D eigenvalue weighted by atomic mass is 9.70. The molecule has 6 fully saturated rings. The molecule has 6 rings (SSSR count). The fourth-order valence-electron chi connectivity index (χ4n) is 9.88. The zero-order valence-corrected chi connectivity index (χ0v) is 31.7. The van der Waals surface area contributed by atoms with E-state index in [1.54, 1.807) is 11.8 Å². The Morgan fingerprint density at radius 3 is 2.14 bits per heavy atom. The lowest BCUT2D eigenvalue weighted by Gasteiger charge is -2.45. The first-order valence-electron chi connectivity index (χ1n) is 19.5. The van der Waals surface area contributed by atoms with Gasteiger partial charge in [0.1, 0.15) is 12.1 Å². The van der Waals surface area contributed by atoms with Crippen molar-refractivity contribution >= 4 is 39.4 Å². The number of likely N-dealkylation sites (tertiary alicyclic amines) is 1. The number of sulfone groups is 1. The van der Waals surface area contributed by atoms with Crippen molar-refractivity contribution in [1.29, 1.82) is 0 Å². The Hall–Kier alpha value is -2.74. The lowest BCUT2D eigenvalue weighted by Crippen LogP contribution is -2.66. The number of likely N-dealkylation sites (N-methyl/N-ethyl adjacent to an activating group) is 1. The number of Topliss-reactive ketones (excluding diaryl/α,β-unsaturated/α-hetero) is 1. The predicted molar refractivity (Wildman–Crippen MR) is 190 cm³/mol. The van der Waals surface area contributed by atoms with E-state index >= 15 is 0 Å². The molecular formula is C37H59N5O8S. The van der Waals surface area contributed by atoms with E-state index in [0.717, 1.165) is 57.8 Å². The number of carbonyl (C=O) groups excluding carboxylic acids is 5. The van der Waals surface area contributed by atoms with E-state index in [0.29, 0.717) is 51.1 Å². The maximum absolute atomic E-state index is 14.9. The van der Waals surface area contributed by atoms with Crippen molar-refractivity contribution in [2.24, 2.45) is 28.6 Å². The molecule has 2 heterocycles. The van der Waals surface area contributed by atoms with Gasteiger partial charge < -0.3 is 30.9 Å². The first kappa shape index (κ1) is 38.0. The highest BCUT2D eigenvalue weighted by Crippen LogP contribution is 2.65. The lowest BCUT2D eigenvalue weighted by molar-refractivity contribution is -0.146. The van der Waals surface area contributed by atoms with Crippen molar-refractivity contribution in [3.05, 3.63) is 0 Å². The van der Waals surface area contributed by atoms with Gasteiger partial charge in [-0.15, -0.1) is 0 Å². The number of piperidine rings is 1. The number of fused-ring (bicyclic) bond motifs is 1. The van der Waals surface area contributed by atoms with E-state index in [2.05, 4.69) is 35.1 Å². The van der Waals surface area contributed by atoms with E-state index < -0.39 is 68.0 Å². The highest BCUT2D eigenvalue weighted by molar-refractivity contribution is 7.92. The maximum Gasteiger partial charge on any atom is 0.316 e. The summed E-state index contributed by atoms with van der Waals surface area (Å²) in [7, 11) is -3.57. The second kappa shape index (κ2) is 14.6. The van der Waals surface area contributed by atoms with Crippen LogP contribution in [0.5, 0.6) is 0 Å². The van der Waals surface area contributed by atoms with Gasteiger partial charge in [0.2, 0.25) is 17.6 Å². The van der Waals surface area contributed by atoms with Crippen LogP contribution in [0, 0.1) is 28.6 Å². The molecule has 0 radical (unpaired) electrons. The van der Waals surface area contributed by atoms with Crippen LogP contribution in [0.1, 0.15) is 118 Å². The van der Waals surface area contributed by atoms with Crippen LogP contribution < -0.4 is 21.3 Å². The molecule has 0 aromatic rings. The third kappa shape index (κ3) is 7.68. The predicted octanol–water partition coefficient (Wildman–Crippen LogP) is 2.96. The minimum Gasteiger partial charge on any atom is -0.359 e. The molecular weight excluding hydrogens is 675 g/mol. The van der Waals surface area contributed by atoms with Gasteiger partial charge in [-0.05, 0) is 74.0 Å². The van der Waals surface area contributed by atoms with Crippen LogP contribution in [0.15, 0.2) is 0 Å². The molecule has 0 bridgehead atoms. The van der Waals surface area contributed by atoms with Crippen molar-refractivity contribution in [2.75, 3.05) is 25.4 Å². The molecule has 286 valence electrons. The zero-order valence-electron chi connectivity index (χ0n) is 30.9. The van der Waals surface area contributed by atoms with Gasteiger partial charge in [-0.25, -0.2) is 13.2 Å². The van der Waals surface area contributed by atoms with Gasteiger partial charge >= 0.3 is 6.03 Å². The molecule has 6 atom stereocenters. The van der Waals surface area contributed by atoms with Crippen molar-refractivity contribution in [1.82, 2.24) is 26.2 Å². The van der Waals surface area contributed by atoms with Crippen molar-refractivity contribution in [3.8, 4) is 0 Å². The molecule has 2 aliphatic heterocycles. The Morgan fingerprint density at radius 2 is 1.55 bits per heavy atom. The monoisotopic (exact) mass is 733 g/mol. The van der Waals surface area contributed by atoms with Crippen molar-refractivity contribution in [3.63, 3.8) is 0 Å². The molecule has 0 aromatic carbocycles. The van der Waals surface area contributed by atoms with Crippen molar-refractivity contribution < 1.29 is 37.1 Å². The summed E-state index contributed by atoms with van der Waals surface area (Å²) in [6, 6.07) is -3.41. The molecule has 4 saturated carbocycles. The molecule has 14 heteroatoms. The number of hydrogen-bond donors (Lipinski definition) is 4. The van der Waals surface area contributed by atoms with Crippen LogP contribution in [-0.4, -0.2) is 97.4 Å². The van der Waals surface area contributed by atoms with Gasteiger partial charge in [-0.3, -0.25) is 19.2 Å². The van der Waals surface area contributed by atoms with E-state index in [-0.39, 0.29) is 35.5 Å². The summed E-state index contributed by atoms with van der Waals surface area (Å²) < 4.78 is 31.9. The molecule has 2 saturated heterocycles. The second-order valence-corrected chi connectivity index (χ2v) is 19.4. The SMILES string of the molecule is CCNC(=O)C(=O)[C@H](CCC1CC1)NC(=O)[C@@H]1[C@@H]2[C@H](CN1C(=O)[C@@H](NC(=O)NC1([C@H]3OCCS3(=O)=O)CCCCC1)C1(C)CCCCC1)C2(C)C. The summed E-state index contributed by atoms with van der Waals surface area (Å²) in [4.78, 5) is 70.7. The number of carbonyl (C=O) groups is 5. The third-order valence-electron chi connectivity index (χ3n) is 13.3. The Balaban J connectivity index is 1.25. The highest BCUT2D eigenvalue weighted by atomic mass is 32.2. The molecule has 6 aliphatic rings. The fourth-order valence-corrected chi connectivity index (χ4v) is 11.7. The van der Waals surface area contributed by atoms with Crippen LogP contribution in [-0.2, 0) is 33.8 Å². The topological polar surface area (TPSA) is 180 Å². The Labute approximate surface area is 302 Å².